The van der Waals surface area contributed by atoms with Crippen molar-refractivity contribution in [3.05, 3.63) is 58.2 Å². The molecule has 0 saturated carbocycles. The Morgan fingerprint density at radius 3 is 2.95 bits per heavy atom. The summed E-state index contributed by atoms with van der Waals surface area (Å²) in [6.07, 6.45) is 0. The zero-order chi connectivity index (χ0) is 14.8. The van der Waals surface area contributed by atoms with Gasteiger partial charge in [-0.1, -0.05) is 30.0 Å². The van der Waals surface area contributed by atoms with Crippen LogP contribution in [0.3, 0.4) is 0 Å². The van der Waals surface area contributed by atoms with E-state index in [1.54, 1.807) is 6.92 Å². The van der Waals surface area contributed by atoms with E-state index >= 15 is 0 Å². The van der Waals surface area contributed by atoms with Gasteiger partial charge in [-0.25, -0.2) is 4.98 Å². The number of furan rings is 1. The Balaban J connectivity index is 1.73. The summed E-state index contributed by atoms with van der Waals surface area (Å²) in [5.41, 5.74) is 7.52. The minimum atomic E-state index is -0.256. The number of rotatable bonds is 4. The summed E-state index contributed by atoms with van der Waals surface area (Å²) in [4.78, 5) is 18.3. The minimum absolute atomic E-state index is 0.151. The number of fused-ring (bicyclic) bond motifs is 1. The van der Waals surface area contributed by atoms with Gasteiger partial charge < -0.3 is 15.1 Å². The molecule has 21 heavy (non-hydrogen) atoms. The SMILES string of the molecule is Cc1cc(=O)[nH]c(SCC(N)c2cc3ccccc3o2)n1. The number of nitrogens with zero attached hydrogens (tertiary/aromatic N) is 1. The second kappa shape index (κ2) is 5.75. The van der Waals surface area contributed by atoms with E-state index in [1.807, 2.05) is 30.3 Å². The maximum Gasteiger partial charge on any atom is 0.251 e. The Morgan fingerprint density at radius 2 is 2.19 bits per heavy atom. The van der Waals surface area contributed by atoms with E-state index in [0.717, 1.165) is 16.7 Å². The summed E-state index contributed by atoms with van der Waals surface area (Å²) < 4.78 is 5.74. The number of thioether (sulfide) groups is 1. The fourth-order valence-corrected chi connectivity index (χ4v) is 2.94. The third-order valence-corrected chi connectivity index (χ3v) is 4.05. The van der Waals surface area contributed by atoms with Gasteiger partial charge in [0.1, 0.15) is 11.3 Å². The van der Waals surface area contributed by atoms with Crippen LogP contribution in [0.1, 0.15) is 17.5 Å². The van der Waals surface area contributed by atoms with E-state index in [9.17, 15) is 4.79 Å². The average Bonchev–Trinajstić information content (AvgIpc) is 2.87. The highest BCUT2D eigenvalue weighted by atomic mass is 32.2. The van der Waals surface area contributed by atoms with Crippen molar-refractivity contribution < 1.29 is 4.42 Å². The number of benzene rings is 1. The second-order valence-corrected chi connectivity index (χ2v) is 5.80. The molecule has 2 aromatic heterocycles. The van der Waals surface area contributed by atoms with E-state index in [-0.39, 0.29) is 11.6 Å². The number of para-hydroxylation sites is 1. The van der Waals surface area contributed by atoms with Crippen molar-refractivity contribution in [2.45, 2.75) is 18.1 Å². The molecule has 6 heteroatoms. The first-order chi connectivity index (χ1) is 10.1. The number of nitrogens with two attached hydrogens (primary N) is 1. The van der Waals surface area contributed by atoms with Crippen molar-refractivity contribution in [1.82, 2.24) is 9.97 Å². The summed E-state index contributed by atoms with van der Waals surface area (Å²) in [6.45, 7) is 1.79. The predicted octanol–water partition coefficient (Wildman–Crippen LogP) is 2.62. The summed E-state index contributed by atoms with van der Waals surface area (Å²) in [5.74, 6) is 1.31. The van der Waals surface area contributed by atoms with Crippen molar-refractivity contribution in [1.29, 1.82) is 0 Å². The molecule has 0 radical (unpaired) electrons. The summed E-state index contributed by atoms with van der Waals surface area (Å²) in [7, 11) is 0. The highest BCUT2D eigenvalue weighted by Crippen LogP contribution is 2.26. The molecule has 1 aromatic carbocycles. The molecule has 108 valence electrons. The molecule has 0 aliphatic rings. The molecule has 2 heterocycles. The van der Waals surface area contributed by atoms with Crippen LogP contribution in [-0.2, 0) is 0 Å². The number of aromatic nitrogens is 2. The van der Waals surface area contributed by atoms with Crippen molar-refractivity contribution in [3.63, 3.8) is 0 Å². The second-order valence-electron chi connectivity index (χ2n) is 4.80. The monoisotopic (exact) mass is 301 g/mol. The number of hydrogen-bond donors (Lipinski definition) is 2. The van der Waals surface area contributed by atoms with Crippen LogP contribution < -0.4 is 11.3 Å². The Hall–Kier alpha value is -2.05. The van der Waals surface area contributed by atoms with Gasteiger partial charge in [-0.3, -0.25) is 4.79 Å². The van der Waals surface area contributed by atoms with Crippen molar-refractivity contribution in [2.24, 2.45) is 5.73 Å². The van der Waals surface area contributed by atoms with Gasteiger partial charge in [0.2, 0.25) is 0 Å². The maximum atomic E-state index is 11.4. The van der Waals surface area contributed by atoms with Crippen molar-refractivity contribution in [3.8, 4) is 0 Å². The Morgan fingerprint density at radius 1 is 1.38 bits per heavy atom. The molecule has 3 N–H and O–H groups in total. The molecule has 0 fully saturated rings. The van der Waals surface area contributed by atoms with Gasteiger partial charge in [0.25, 0.3) is 5.56 Å². The molecule has 3 rings (SSSR count). The van der Waals surface area contributed by atoms with E-state index < -0.39 is 0 Å². The van der Waals surface area contributed by atoms with E-state index in [1.165, 1.54) is 17.8 Å². The summed E-state index contributed by atoms with van der Waals surface area (Å²) in [6, 6.07) is 10.9. The highest BCUT2D eigenvalue weighted by Gasteiger charge is 2.13. The number of aryl methyl sites for hydroxylation is 1. The first kappa shape index (κ1) is 13.9. The van der Waals surface area contributed by atoms with Gasteiger partial charge in [-0.2, -0.15) is 0 Å². The number of hydrogen-bond acceptors (Lipinski definition) is 5. The third-order valence-electron chi connectivity index (χ3n) is 3.06. The van der Waals surface area contributed by atoms with Crippen LogP contribution in [-0.4, -0.2) is 15.7 Å². The van der Waals surface area contributed by atoms with Crippen LogP contribution in [0.4, 0.5) is 0 Å². The lowest BCUT2D eigenvalue weighted by molar-refractivity contribution is 0.516. The van der Waals surface area contributed by atoms with Crippen LogP contribution >= 0.6 is 11.8 Å². The molecule has 3 aromatic rings. The van der Waals surface area contributed by atoms with Crippen molar-refractivity contribution >= 4 is 22.7 Å². The molecular weight excluding hydrogens is 286 g/mol. The predicted molar refractivity (Wildman–Crippen MR) is 83.5 cm³/mol. The maximum absolute atomic E-state index is 11.4. The molecule has 0 aliphatic heterocycles. The molecule has 0 spiro atoms. The van der Waals surface area contributed by atoms with Gasteiger partial charge in [0, 0.05) is 22.9 Å². The first-order valence-corrected chi connectivity index (χ1v) is 7.55. The smallest absolute Gasteiger partial charge is 0.251 e. The van der Waals surface area contributed by atoms with E-state index in [0.29, 0.717) is 16.6 Å². The molecule has 0 bridgehead atoms. The lowest BCUT2D eigenvalue weighted by Crippen LogP contribution is -2.14. The normalized spacial score (nSPS) is 12.7. The van der Waals surface area contributed by atoms with Crippen LogP contribution in [0.25, 0.3) is 11.0 Å². The fraction of sp³-hybridized carbons (Fsp3) is 0.200. The Kier molecular flexibility index (Phi) is 3.81. The molecule has 0 saturated heterocycles. The van der Waals surface area contributed by atoms with Crippen LogP contribution in [0.15, 0.2) is 50.8 Å². The summed E-state index contributed by atoms with van der Waals surface area (Å²) >= 11 is 1.41. The van der Waals surface area contributed by atoms with Gasteiger partial charge in [-0.05, 0) is 19.1 Å². The van der Waals surface area contributed by atoms with Crippen LogP contribution in [0.5, 0.6) is 0 Å². The zero-order valence-electron chi connectivity index (χ0n) is 11.5. The van der Waals surface area contributed by atoms with Crippen LogP contribution in [0.2, 0.25) is 0 Å². The lowest BCUT2D eigenvalue weighted by atomic mass is 10.2. The van der Waals surface area contributed by atoms with Gasteiger partial charge in [-0.15, -0.1) is 0 Å². The zero-order valence-corrected chi connectivity index (χ0v) is 12.3. The molecule has 0 aliphatic carbocycles. The summed E-state index contributed by atoms with van der Waals surface area (Å²) in [5, 5.41) is 1.61. The Labute approximate surface area is 125 Å². The van der Waals surface area contributed by atoms with Gasteiger partial charge in [0.15, 0.2) is 5.16 Å². The molecule has 1 unspecified atom stereocenters. The average molecular weight is 301 g/mol. The first-order valence-electron chi connectivity index (χ1n) is 6.56. The third kappa shape index (κ3) is 3.17. The number of aromatic amines is 1. The quantitative estimate of drug-likeness (QED) is 0.571. The molecule has 5 nitrogen and oxygen atoms in total. The largest absolute Gasteiger partial charge is 0.459 e. The fourth-order valence-electron chi connectivity index (χ4n) is 2.06. The van der Waals surface area contributed by atoms with Gasteiger partial charge >= 0.3 is 0 Å². The standard InChI is InChI=1S/C15H15N3O2S/c1-9-6-14(19)18-15(17-9)21-8-11(16)13-7-10-4-2-3-5-12(10)20-13/h2-7,11H,8,16H2,1H3,(H,17,18,19). The van der Waals surface area contributed by atoms with Crippen LogP contribution in [0, 0.1) is 6.92 Å². The topological polar surface area (TPSA) is 84.9 Å². The lowest BCUT2D eigenvalue weighted by Gasteiger charge is -2.07. The van der Waals surface area contributed by atoms with Crippen molar-refractivity contribution in [2.75, 3.05) is 5.75 Å². The van der Waals surface area contributed by atoms with E-state index in [4.69, 9.17) is 10.2 Å². The molecule has 1 atom stereocenters. The number of nitrogens with one attached hydrogen (secondary N) is 1. The minimum Gasteiger partial charge on any atom is -0.459 e. The number of H-pyrrole nitrogens is 1. The molecular formula is C15H15N3O2S. The molecule has 0 amide bonds. The van der Waals surface area contributed by atoms with E-state index in [2.05, 4.69) is 9.97 Å². The Bertz CT molecular complexity index is 792. The van der Waals surface area contributed by atoms with Gasteiger partial charge in [0.05, 0.1) is 6.04 Å². The highest BCUT2D eigenvalue weighted by molar-refractivity contribution is 7.99.